The van der Waals surface area contributed by atoms with Gasteiger partial charge in [0, 0.05) is 12.8 Å². The number of allylic oxidation sites excluding steroid dienone is 2. The fourth-order valence-electron chi connectivity index (χ4n) is 1.17. The fraction of sp³-hybridized carbons (Fsp3) is 0.600. The highest BCUT2D eigenvalue weighted by molar-refractivity contribution is 5.76. The Hall–Kier alpha value is -1.32. The molecule has 0 unspecified atom stereocenters. The van der Waals surface area contributed by atoms with Crippen LogP contribution in [0.3, 0.4) is 0 Å². The summed E-state index contributed by atoms with van der Waals surface area (Å²) in [5, 5.41) is 2.67. The molecule has 1 aliphatic heterocycles. The maximum atomic E-state index is 11.1. The van der Waals surface area contributed by atoms with Crippen molar-refractivity contribution in [2.24, 2.45) is 0 Å². The number of esters is 1. The van der Waals surface area contributed by atoms with E-state index in [0.717, 1.165) is 6.42 Å². The molecular formula is C10H15NO3. The Labute approximate surface area is 83.3 Å². The normalized spacial score (nSPS) is 20.3. The van der Waals surface area contributed by atoms with Crippen molar-refractivity contribution >= 4 is 11.9 Å². The fourth-order valence-corrected chi connectivity index (χ4v) is 1.17. The third-order valence-corrected chi connectivity index (χ3v) is 1.91. The monoisotopic (exact) mass is 197 g/mol. The lowest BCUT2D eigenvalue weighted by molar-refractivity contribution is -0.143. The van der Waals surface area contributed by atoms with Gasteiger partial charge in [0.2, 0.25) is 5.91 Å². The zero-order valence-corrected chi connectivity index (χ0v) is 8.12. The van der Waals surface area contributed by atoms with E-state index in [1.165, 1.54) is 0 Å². The quantitative estimate of drug-likeness (QED) is 0.461. The minimum absolute atomic E-state index is 0.00581. The average Bonchev–Trinajstić information content (AvgIpc) is 2.16. The number of ether oxygens (including phenoxy) is 1. The van der Waals surface area contributed by atoms with Crippen LogP contribution in [-0.2, 0) is 14.3 Å². The summed E-state index contributed by atoms with van der Waals surface area (Å²) in [6.45, 7) is 0.683. The van der Waals surface area contributed by atoms with E-state index in [2.05, 4.69) is 5.32 Å². The molecule has 0 saturated heterocycles. The van der Waals surface area contributed by atoms with Gasteiger partial charge in [-0.3, -0.25) is 9.59 Å². The summed E-state index contributed by atoms with van der Waals surface area (Å²) in [5.41, 5.74) is 0. The number of carbonyl (C=O) groups is 2. The summed E-state index contributed by atoms with van der Waals surface area (Å²) in [6, 6.07) is 0. The summed E-state index contributed by atoms with van der Waals surface area (Å²) in [4.78, 5) is 22.1. The lowest BCUT2D eigenvalue weighted by Crippen LogP contribution is -2.27. The van der Waals surface area contributed by atoms with Gasteiger partial charge >= 0.3 is 5.97 Å². The van der Waals surface area contributed by atoms with E-state index in [1.54, 1.807) is 0 Å². The number of nitrogens with one attached hydrogen (secondary N) is 1. The molecule has 0 aromatic rings. The van der Waals surface area contributed by atoms with E-state index in [1.807, 2.05) is 12.2 Å². The van der Waals surface area contributed by atoms with E-state index in [0.29, 0.717) is 25.8 Å². The molecule has 0 aromatic heterocycles. The molecule has 0 saturated carbocycles. The van der Waals surface area contributed by atoms with Crippen LogP contribution < -0.4 is 5.32 Å². The molecule has 78 valence electrons. The molecule has 1 rings (SSSR count). The predicted octanol–water partition coefficient (Wildman–Crippen LogP) is 0.776. The molecule has 14 heavy (non-hydrogen) atoms. The van der Waals surface area contributed by atoms with Gasteiger partial charge in [0.15, 0.2) is 0 Å². The van der Waals surface area contributed by atoms with Gasteiger partial charge in [-0.2, -0.15) is 0 Å². The molecule has 0 aromatic carbocycles. The second kappa shape index (κ2) is 6.18. The van der Waals surface area contributed by atoms with Crippen LogP contribution in [0.4, 0.5) is 0 Å². The third-order valence-electron chi connectivity index (χ3n) is 1.91. The minimum atomic E-state index is -0.204. The number of amides is 1. The lowest BCUT2D eigenvalue weighted by Gasteiger charge is -2.06. The molecule has 1 aliphatic rings. The molecule has 0 atom stereocenters. The van der Waals surface area contributed by atoms with Crippen molar-refractivity contribution in [3.8, 4) is 0 Å². The highest BCUT2D eigenvalue weighted by atomic mass is 16.5. The Kier molecular flexibility index (Phi) is 4.75. The molecule has 4 heteroatoms. The van der Waals surface area contributed by atoms with Gasteiger partial charge in [-0.25, -0.2) is 0 Å². The first-order valence-electron chi connectivity index (χ1n) is 4.86. The number of hydrogen-bond acceptors (Lipinski definition) is 3. The summed E-state index contributed by atoms with van der Waals surface area (Å²) in [5.74, 6) is -0.198. The molecule has 0 spiro atoms. The number of hydrogen-bond donors (Lipinski definition) is 1. The molecule has 0 aliphatic carbocycles. The first kappa shape index (κ1) is 10.8. The zero-order chi connectivity index (χ0) is 10.2. The van der Waals surface area contributed by atoms with Crippen molar-refractivity contribution in [3.63, 3.8) is 0 Å². The Morgan fingerprint density at radius 3 is 2.64 bits per heavy atom. The van der Waals surface area contributed by atoms with Crippen LogP contribution in [0.2, 0.25) is 0 Å². The van der Waals surface area contributed by atoms with Gasteiger partial charge < -0.3 is 10.1 Å². The topological polar surface area (TPSA) is 55.4 Å². The number of rotatable bonds is 0. The highest BCUT2D eigenvalue weighted by Gasteiger charge is 2.03. The molecule has 0 radical (unpaired) electrons. The van der Waals surface area contributed by atoms with Crippen molar-refractivity contribution in [1.29, 1.82) is 0 Å². The maximum absolute atomic E-state index is 11.1. The lowest BCUT2D eigenvalue weighted by atomic mass is 10.2. The molecule has 1 heterocycles. The van der Waals surface area contributed by atoms with Crippen LogP contribution in [0, 0.1) is 0 Å². The van der Waals surface area contributed by atoms with Crippen LogP contribution in [0.1, 0.15) is 25.7 Å². The van der Waals surface area contributed by atoms with E-state index in [-0.39, 0.29) is 18.5 Å². The first-order valence-corrected chi connectivity index (χ1v) is 4.86. The van der Waals surface area contributed by atoms with E-state index in [9.17, 15) is 9.59 Å². The molecule has 4 nitrogen and oxygen atoms in total. The Morgan fingerprint density at radius 2 is 1.86 bits per heavy atom. The highest BCUT2D eigenvalue weighted by Crippen LogP contribution is 1.98. The molecule has 0 fully saturated rings. The van der Waals surface area contributed by atoms with Crippen LogP contribution >= 0.6 is 0 Å². The summed E-state index contributed by atoms with van der Waals surface area (Å²) < 4.78 is 4.88. The van der Waals surface area contributed by atoms with E-state index < -0.39 is 0 Å². The van der Waals surface area contributed by atoms with Crippen LogP contribution in [0.5, 0.6) is 0 Å². The summed E-state index contributed by atoms with van der Waals surface area (Å²) in [7, 11) is 0. The average molecular weight is 197 g/mol. The largest absolute Gasteiger partial charge is 0.464 e. The van der Waals surface area contributed by atoms with Crippen LogP contribution in [0.25, 0.3) is 0 Å². The Morgan fingerprint density at radius 1 is 1.14 bits per heavy atom. The minimum Gasteiger partial charge on any atom is -0.464 e. The van der Waals surface area contributed by atoms with Crippen molar-refractivity contribution in [2.45, 2.75) is 25.7 Å². The van der Waals surface area contributed by atoms with Gasteiger partial charge in [0.25, 0.3) is 0 Å². The standard InChI is InChI=1S/C10H15NO3/c12-9-5-3-1-2-4-6-10(13)14-8-7-11-9/h1-2H,3-8H2,(H,11,12). The Bertz CT molecular complexity index is 212. The van der Waals surface area contributed by atoms with Gasteiger partial charge in [-0.15, -0.1) is 0 Å². The molecular weight excluding hydrogens is 182 g/mol. The Balaban J connectivity index is 2.37. The molecule has 1 amide bonds. The van der Waals surface area contributed by atoms with Gasteiger partial charge in [0.05, 0.1) is 6.54 Å². The van der Waals surface area contributed by atoms with Crippen molar-refractivity contribution in [3.05, 3.63) is 12.2 Å². The predicted molar refractivity (Wildman–Crippen MR) is 51.6 cm³/mol. The zero-order valence-electron chi connectivity index (χ0n) is 8.12. The molecule has 0 bridgehead atoms. The van der Waals surface area contributed by atoms with Crippen molar-refractivity contribution in [1.82, 2.24) is 5.32 Å². The van der Waals surface area contributed by atoms with Gasteiger partial charge in [0.1, 0.15) is 6.61 Å². The summed E-state index contributed by atoms with van der Waals surface area (Å²) in [6.07, 6.45) is 6.20. The smallest absolute Gasteiger partial charge is 0.306 e. The summed E-state index contributed by atoms with van der Waals surface area (Å²) >= 11 is 0. The number of cyclic esters (lactones) is 1. The van der Waals surface area contributed by atoms with Crippen molar-refractivity contribution < 1.29 is 14.3 Å². The second-order valence-corrected chi connectivity index (χ2v) is 3.12. The SMILES string of the molecule is O=C1CCC=CCCC(=O)OCCN1. The van der Waals surface area contributed by atoms with Crippen LogP contribution in [0.15, 0.2) is 12.2 Å². The number of carbonyl (C=O) groups excluding carboxylic acids is 2. The molecule has 1 N–H and O–H groups in total. The van der Waals surface area contributed by atoms with Crippen LogP contribution in [-0.4, -0.2) is 25.0 Å². The first-order chi connectivity index (χ1) is 6.79. The van der Waals surface area contributed by atoms with Gasteiger partial charge in [-0.1, -0.05) is 12.2 Å². The second-order valence-electron chi connectivity index (χ2n) is 3.12. The maximum Gasteiger partial charge on any atom is 0.306 e. The van der Waals surface area contributed by atoms with E-state index >= 15 is 0 Å². The van der Waals surface area contributed by atoms with E-state index in [4.69, 9.17) is 4.74 Å². The third kappa shape index (κ3) is 4.64. The van der Waals surface area contributed by atoms with Crippen molar-refractivity contribution in [2.75, 3.05) is 13.2 Å². The van der Waals surface area contributed by atoms with Gasteiger partial charge in [-0.05, 0) is 12.8 Å².